The Morgan fingerprint density at radius 1 is 1.05 bits per heavy atom. The molecule has 1 aliphatic rings. The molecular formula is C17H18FNS. The molecule has 2 N–H and O–H groups in total. The van der Waals surface area contributed by atoms with Crippen LogP contribution in [-0.4, -0.2) is 5.75 Å². The molecule has 1 aliphatic carbocycles. The average molecular weight is 287 g/mol. The molecule has 0 aromatic heterocycles. The first kappa shape index (κ1) is 13.7. The summed E-state index contributed by atoms with van der Waals surface area (Å²) in [5.41, 5.74) is 10.1. The van der Waals surface area contributed by atoms with Gasteiger partial charge in [0.1, 0.15) is 5.82 Å². The molecule has 2 aromatic carbocycles. The Balaban J connectivity index is 1.63. The van der Waals surface area contributed by atoms with Crippen molar-refractivity contribution in [2.75, 3.05) is 5.75 Å². The first-order chi connectivity index (χ1) is 9.72. The van der Waals surface area contributed by atoms with E-state index < -0.39 is 0 Å². The number of nitrogens with two attached hydrogens (primary N) is 1. The van der Waals surface area contributed by atoms with Crippen LogP contribution < -0.4 is 5.73 Å². The molecule has 0 saturated carbocycles. The second-order valence-corrected chi connectivity index (χ2v) is 6.35. The quantitative estimate of drug-likeness (QED) is 0.857. The highest BCUT2D eigenvalue weighted by Crippen LogP contribution is 2.29. The fourth-order valence-corrected chi connectivity index (χ4v) is 3.58. The summed E-state index contributed by atoms with van der Waals surface area (Å²) in [6, 6.07) is 13.1. The van der Waals surface area contributed by atoms with Crippen molar-refractivity contribution in [3.05, 3.63) is 65.0 Å². The lowest BCUT2D eigenvalue weighted by atomic mass is 10.1. The smallest absolute Gasteiger partial charge is 0.123 e. The molecule has 0 fully saturated rings. The molecular weight excluding hydrogens is 269 g/mol. The Morgan fingerprint density at radius 2 is 1.80 bits per heavy atom. The molecule has 20 heavy (non-hydrogen) atoms. The summed E-state index contributed by atoms with van der Waals surface area (Å²) in [5.74, 6) is 0.594. The predicted octanol–water partition coefficient (Wildman–Crippen LogP) is 4.11. The molecule has 0 amide bonds. The third-order valence-electron chi connectivity index (χ3n) is 3.80. The van der Waals surface area contributed by atoms with Gasteiger partial charge >= 0.3 is 0 Å². The van der Waals surface area contributed by atoms with E-state index in [1.807, 2.05) is 0 Å². The Morgan fingerprint density at radius 3 is 2.60 bits per heavy atom. The second kappa shape index (κ2) is 5.98. The molecule has 0 heterocycles. The van der Waals surface area contributed by atoms with Gasteiger partial charge < -0.3 is 5.73 Å². The zero-order valence-electron chi connectivity index (χ0n) is 11.3. The Bertz CT molecular complexity index is 594. The summed E-state index contributed by atoms with van der Waals surface area (Å²) >= 11 is 1.77. The van der Waals surface area contributed by atoms with Gasteiger partial charge in [-0.1, -0.05) is 18.2 Å². The van der Waals surface area contributed by atoms with E-state index in [0.29, 0.717) is 0 Å². The maximum atomic E-state index is 12.9. The normalized spacial score (nSPS) is 15.1. The number of aryl methyl sites for hydroxylation is 2. The number of rotatable bonds is 4. The van der Waals surface area contributed by atoms with Gasteiger partial charge in [-0.3, -0.25) is 0 Å². The summed E-state index contributed by atoms with van der Waals surface area (Å²) in [5, 5.41) is 0. The second-order valence-electron chi connectivity index (χ2n) is 5.25. The molecule has 1 atom stereocenters. The molecule has 0 aliphatic heterocycles. The van der Waals surface area contributed by atoms with E-state index in [9.17, 15) is 4.39 Å². The van der Waals surface area contributed by atoms with Gasteiger partial charge in [0.05, 0.1) is 0 Å². The molecule has 2 aromatic rings. The first-order valence-corrected chi connectivity index (χ1v) is 7.96. The highest BCUT2D eigenvalue weighted by Gasteiger charge is 2.12. The maximum absolute atomic E-state index is 12.9. The highest BCUT2D eigenvalue weighted by atomic mass is 32.2. The van der Waals surface area contributed by atoms with Crippen LogP contribution in [0.25, 0.3) is 0 Å². The molecule has 1 nitrogen and oxygen atoms in total. The van der Waals surface area contributed by atoms with Gasteiger partial charge in [-0.2, -0.15) is 0 Å². The molecule has 3 heteroatoms. The number of benzene rings is 2. The van der Waals surface area contributed by atoms with Crippen LogP contribution in [0.15, 0.2) is 47.4 Å². The zero-order chi connectivity index (χ0) is 13.9. The topological polar surface area (TPSA) is 26.0 Å². The minimum atomic E-state index is -0.216. The number of hydrogen-bond donors (Lipinski definition) is 1. The highest BCUT2D eigenvalue weighted by molar-refractivity contribution is 7.99. The summed E-state index contributed by atoms with van der Waals surface area (Å²) in [7, 11) is 0. The Labute approximate surface area is 123 Å². The summed E-state index contributed by atoms with van der Waals surface area (Å²) in [4.78, 5) is 1.28. The van der Waals surface area contributed by atoms with Crippen molar-refractivity contribution in [3.8, 4) is 0 Å². The third-order valence-corrected chi connectivity index (χ3v) is 4.91. The van der Waals surface area contributed by atoms with Crippen molar-refractivity contribution >= 4 is 11.8 Å². The first-order valence-electron chi connectivity index (χ1n) is 6.98. The lowest BCUT2D eigenvalue weighted by molar-refractivity contribution is 0.626. The monoisotopic (exact) mass is 287 g/mol. The van der Waals surface area contributed by atoms with Crippen molar-refractivity contribution < 1.29 is 4.39 Å². The van der Waals surface area contributed by atoms with Gasteiger partial charge in [0.2, 0.25) is 0 Å². The Kier molecular flexibility index (Phi) is 4.08. The maximum Gasteiger partial charge on any atom is 0.123 e. The van der Waals surface area contributed by atoms with Gasteiger partial charge in [0, 0.05) is 16.7 Å². The van der Waals surface area contributed by atoms with Crippen molar-refractivity contribution in [3.63, 3.8) is 0 Å². The molecule has 0 radical (unpaired) electrons. The van der Waals surface area contributed by atoms with Gasteiger partial charge in [0.15, 0.2) is 0 Å². The SMILES string of the molecule is NC(CSc1ccc2c(c1)CCC2)c1ccc(F)cc1. The number of hydrogen-bond acceptors (Lipinski definition) is 2. The van der Waals surface area contributed by atoms with E-state index in [0.717, 1.165) is 11.3 Å². The van der Waals surface area contributed by atoms with Crippen molar-refractivity contribution in [1.82, 2.24) is 0 Å². The minimum absolute atomic E-state index is 0.0612. The molecule has 104 valence electrons. The molecule has 0 saturated heterocycles. The van der Waals surface area contributed by atoms with E-state index >= 15 is 0 Å². The van der Waals surface area contributed by atoms with Crippen molar-refractivity contribution in [1.29, 1.82) is 0 Å². The molecule has 0 spiro atoms. The van der Waals surface area contributed by atoms with Gasteiger partial charge in [-0.05, 0) is 60.2 Å². The van der Waals surface area contributed by atoms with Crippen LogP contribution >= 0.6 is 11.8 Å². The lowest BCUT2D eigenvalue weighted by Crippen LogP contribution is -2.12. The summed E-state index contributed by atoms with van der Waals surface area (Å²) < 4.78 is 12.9. The number of halogens is 1. The van der Waals surface area contributed by atoms with Gasteiger partial charge in [-0.15, -0.1) is 11.8 Å². The average Bonchev–Trinajstić information content (AvgIpc) is 2.93. The molecule has 1 unspecified atom stereocenters. The predicted molar refractivity (Wildman–Crippen MR) is 82.5 cm³/mol. The van der Waals surface area contributed by atoms with E-state index in [1.54, 1.807) is 23.9 Å². The number of fused-ring (bicyclic) bond motifs is 1. The van der Waals surface area contributed by atoms with E-state index in [1.165, 1.54) is 47.4 Å². The van der Waals surface area contributed by atoms with Crippen LogP contribution in [0, 0.1) is 5.82 Å². The van der Waals surface area contributed by atoms with E-state index in [-0.39, 0.29) is 11.9 Å². The lowest BCUT2D eigenvalue weighted by Gasteiger charge is -2.12. The van der Waals surface area contributed by atoms with Gasteiger partial charge in [0.25, 0.3) is 0 Å². The zero-order valence-corrected chi connectivity index (χ0v) is 12.1. The third kappa shape index (κ3) is 3.05. The van der Waals surface area contributed by atoms with E-state index in [4.69, 9.17) is 5.73 Å². The van der Waals surface area contributed by atoms with Crippen molar-refractivity contribution in [2.24, 2.45) is 5.73 Å². The minimum Gasteiger partial charge on any atom is -0.323 e. The van der Waals surface area contributed by atoms with E-state index in [2.05, 4.69) is 18.2 Å². The van der Waals surface area contributed by atoms with Crippen LogP contribution in [0.2, 0.25) is 0 Å². The molecule has 3 rings (SSSR count). The standard InChI is InChI=1S/C17H18FNS/c18-15-7-4-13(5-8-15)17(19)11-20-16-9-6-12-2-1-3-14(12)10-16/h4-10,17H,1-3,11,19H2. The van der Waals surface area contributed by atoms with Crippen LogP contribution in [0.4, 0.5) is 4.39 Å². The fourth-order valence-electron chi connectivity index (χ4n) is 2.63. The fraction of sp³-hybridized carbons (Fsp3) is 0.294. The largest absolute Gasteiger partial charge is 0.323 e. The van der Waals surface area contributed by atoms with Crippen LogP contribution in [-0.2, 0) is 12.8 Å². The van der Waals surface area contributed by atoms with Crippen LogP contribution in [0.1, 0.15) is 29.2 Å². The van der Waals surface area contributed by atoms with Crippen molar-refractivity contribution in [2.45, 2.75) is 30.2 Å². The van der Waals surface area contributed by atoms with Gasteiger partial charge in [-0.25, -0.2) is 4.39 Å². The van der Waals surface area contributed by atoms with Crippen LogP contribution in [0.5, 0.6) is 0 Å². The summed E-state index contributed by atoms with van der Waals surface area (Å²) in [6.45, 7) is 0. The molecule has 0 bridgehead atoms. The summed E-state index contributed by atoms with van der Waals surface area (Å²) in [6.07, 6.45) is 3.70. The van der Waals surface area contributed by atoms with Crippen LogP contribution in [0.3, 0.4) is 0 Å². The Hall–Kier alpha value is -1.32. The number of thioether (sulfide) groups is 1.